The number of carbonyl (C=O) groups excluding carboxylic acids is 1. The van der Waals surface area contributed by atoms with Crippen LogP contribution in [0.5, 0.6) is 0 Å². The first-order chi connectivity index (χ1) is 12.1. The van der Waals surface area contributed by atoms with E-state index in [2.05, 4.69) is 37.7 Å². The zero-order valence-corrected chi connectivity index (χ0v) is 14.7. The van der Waals surface area contributed by atoms with Gasteiger partial charge in [-0.25, -0.2) is 0 Å². The molecule has 2 fully saturated rings. The van der Waals surface area contributed by atoms with E-state index in [0.29, 0.717) is 24.8 Å². The first-order valence-corrected chi connectivity index (χ1v) is 8.87. The summed E-state index contributed by atoms with van der Waals surface area (Å²) in [5, 5.41) is 15.5. The Balaban J connectivity index is 1.21. The van der Waals surface area contributed by atoms with Crippen molar-refractivity contribution < 1.29 is 9.32 Å². The van der Waals surface area contributed by atoms with Crippen LogP contribution in [0.4, 0.5) is 5.82 Å². The molecule has 0 aromatic carbocycles. The largest absolute Gasteiger partial charge is 0.361 e. The molecular formula is C18H23N5O2. The Morgan fingerprint density at radius 3 is 2.68 bits per heavy atom. The minimum absolute atomic E-state index is 0.0152. The highest BCUT2D eigenvalue weighted by Gasteiger charge is 2.30. The molecule has 7 heteroatoms. The van der Waals surface area contributed by atoms with Crippen molar-refractivity contribution in [2.24, 2.45) is 5.92 Å². The van der Waals surface area contributed by atoms with E-state index in [1.54, 1.807) is 0 Å². The highest BCUT2D eigenvalue weighted by molar-refractivity contribution is 5.79. The number of hydrogen-bond donors (Lipinski definition) is 1. The number of aryl methyl sites for hydroxylation is 2. The van der Waals surface area contributed by atoms with Crippen molar-refractivity contribution in [3.05, 3.63) is 34.8 Å². The second-order valence-electron chi connectivity index (χ2n) is 7.15. The summed E-state index contributed by atoms with van der Waals surface area (Å²) in [4.78, 5) is 14.3. The fourth-order valence-electron chi connectivity index (χ4n) is 3.22. The van der Waals surface area contributed by atoms with Gasteiger partial charge in [0.1, 0.15) is 5.76 Å². The number of hydrogen-bond acceptors (Lipinski definition) is 6. The van der Waals surface area contributed by atoms with Gasteiger partial charge in [0.05, 0.1) is 17.8 Å². The minimum atomic E-state index is 0.0152. The summed E-state index contributed by atoms with van der Waals surface area (Å²) in [6.07, 6.45) is 2.81. The Bertz CT molecular complexity index is 741. The van der Waals surface area contributed by atoms with Crippen molar-refractivity contribution in [2.45, 2.75) is 39.0 Å². The van der Waals surface area contributed by atoms with Gasteiger partial charge in [-0.2, -0.15) is 5.10 Å². The average Bonchev–Trinajstić information content (AvgIpc) is 3.37. The van der Waals surface area contributed by atoms with E-state index < -0.39 is 0 Å². The second-order valence-corrected chi connectivity index (χ2v) is 7.15. The molecule has 0 bridgehead atoms. The molecule has 2 aromatic rings. The molecular weight excluding hydrogens is 318 g/mol. The summed E-state index contributed by atoms with van der Waals surface area (Å²) in [7, 11) is 0. The van der Waals surface area contributed by atoms with Crippen LogP contribution < -0.4 is 10.2 Å². The Morgan fingerprint density at radius 2 is 2.08 bits per heavy atom. The molecule has 1 saturated carbocycles. The van der Waals surface area contributed by atoms with Gasteiger partial charge >= 0.3 is 0 Å². The number of aromatic nitrogens is 3. The van der Waals surface area contributed by atoms with Crippen LogP contribution in [0, 0.1) is 19.8 Å². The van der Waals surface area contributed by atoms with E-state index in [1.807, 2.05) is 13.8 Å². The molecule has 3 heterocycles. The maximum absolute atomic E-state index is 12.1. The first-order valence-electron chi connectivity index (χ1n) is 8.87. The lowest BCUT2D eigenvalue weighted by molar-refractivity contribution is -0.120. The molecule has 2 aromatic heterocycles. The molecule has 0 spiro atoms. The molecule has 1 aliphatic carbocycles. The third-order valence-electron chi connectivity index (χ3n) is 5.05. The number of rotatable bonds is 6. The lowest BCUT2D eigenvalue weighted by atomic mass is 10.00. The second kappa shape index (κ2) is 6.46. The van der Waals surface area contributed by atoms with Crippen LogP contribution in [-0.4, -0.2) is 40.9 Å². The van der Waals surface area contributed by atoms with Gasteiger partial charge in [0, 0.05) is 37.0 Å². The zero-order chi connectivity index (χ0) is 17.4. The van der Waals surface area contributed by atoms with Crippen molar-refractivity contribution in [3.8, 4) is 0 Å². The fourth-order valence-corrected chi connectivity index (χ4v) is 3.22. The Labute approximate surface area is 146 Å². The smallest absolute Gasteiger partial charge is 0.224 e. The third kappa shape index (κ3) is 3.50. The summed E-state index contributed by atoms with van der Waals surface area (Å²) in [5.41, 5.74) is 2.79. The lowest BCUT2D eigenvalue weighted by Gasteiger charge is -2.39. The number of carbonyl (C=O) groups is 1. The van der Waals surface area contributed by atoms with Crippen molar-refractivity contribution in [1.29, 1.82) is 0 Å². The Kier molecular flexibility index (Phi) is 4.15. The van der Waals surface area contributed by atoms with Crippen LogP contribution in [0.3, 0.4) is 0 Å². The summed E-state index contributed by atoms with van der Waals surface area (Å²) >= 11 is 0. The molecule has 2 aliphatic rings. The average molecular weight is 341 g/mol. The van der Waals surface area contributed by atoms with Gasteiger partial charge in [-0.1, -0.05) is 5.16 Å². The third-order valence-corrected chi connectivity index (χ3v) is 5.05. The Morgan fingerprint density at radius 1 is 1.28 bits per heavy atom. The summed E-state index contributed by atoms with van der Waals surface area (Å²) in [6, 6.07) is 4.16. The maximum Gasteiger partial charge on any atom is 0.224 e. The normalized spacial score (nSPS) is 17.4. The van der Waals surface area contributed by atoms with Gasteiger partial charge < -0.3 is 14.7 Å². The van der Waals surface area contributed by atoms with E-state index in [0.717, 1.165) is 41.6 Å². The van der Waals surface area contributed by atoms with Crippen LogP contribution in [-0.2, 0) is 11.2 Å². The van der Waals surface area contributed by atoms with Crippen LogP contribution in [0.25, 0.3) is 0 Å². The van der Waals surface area contributed by atoms with E-state index in [9.17, 15) is 4.79 Å². The van der Waals surface area contributed by atoms with Gasteiger partial charge in [0.25, 0.3) is 0 Å². The summed E-state index contributed by atoms with van der Waals surface area (Å²) in [6.45, 7) is 6.19. The molecule has 7 nitrogen and oxygen atoms in total. The quantitative estimate of drug-likeness (QED) is 0.862. The first kappa shape index (κ1) is 16.1. The van der Waals surface area contributed by atoms with Crippen LogP contribution in [0.15, 0.2) is 16.7 Å². The van der Waals surface area contributed by atoms with Gasteiger partial charge in [-0.3, -0.25) is 4.79 Å². The van der Waals surface area contributed by atoms with Crippen molar-refractivity contribution in [2.75, 3.05) is 24.5 Å². The number of nitrogens with zero attached hydrogens (tertiary/aromatic N) is 4. The molecule has 1 saturated heterocycles. The van der Waals surface area contributed by atoms with Crippen molar-refractivity contribution in [3.63, 3.8) is 0 Å². The van der Waals surface area contributed by atoms with Gasteiger partial charge in [0.15, 0.2) is 5.82 Å². The zero-order valence-electron chi connectivity index (χ0n) is 14.7. The van der Waals surface area contributed by atoms with Crippen molar-refractivity contribution in [1.82, 2.24) is 20.7 Å². The minimum Gasteiger partial charge on any atom is -0.361 e. The van der Waals surface area contributed by atoms with Gasteiger partial charge in [-0.05, 0) is 38.8 Å². The topological polar surface area (TPSA) is 84.2 Å². The van der Waals surface area contributed by atoms with E-state index in [4.69, 9.17) is 4.52 Å². The highest BCUT2D eigenvalue weighted by Crippen LogP contribution is 2.38. The maximum atomic E-state index is 12.1. The molecule has 0 radical (unpaired) electrons. The van der Waals surface area contributed by atoms with E-state index in [-0.39, 0.29) is 5.91 Å². The van der Waals surface area contributed by atoms with E-state index in [1.165, 1.54) is 12.8 Å². The molecule has 132 valence electrons. The van der Waals surface area contributed by atoms with Gasteiger partial charge in [-0.15, -0.1) is 5.10 Å². The van der Waals surface area contributed by atoms with Gasteiger partial charge in [0.2, 0.25) is 5.91 Å². The lowest BCUT2D eigenvalue weighted by Crippen LogP contribution is -2.52. The fraction of sp³-hybridized carbons (Fsp3) is 0.556. The standard InChI is InChI=1S/C18H23N5O2/c1-11-15(12(2)25-22-11)7-18(24)19-8-13-9-23(10-13)17-6-5-16(20-21-17)14-3-4-14/h5-6,13-14H,3-4,7-10H2,1-2H3,(H,19,24). The van der Waals surface area contributed by atoms with Crippen LogP contribution >= 0.6 is 0 Å². The molecule has 4 rings (SSSR count). The number of anilines is 1. The molecule has 1 aliphatic heterocycles. The summed E-state index contributed by atoms with van der Waals surface area (Å²) < 4.78 is 5.09. The Hall–Kier alpha value is -2.44. The number of nitrogens with one attached hydrogen (secondary N) is 1. The molecule has 0 unspecified atom stereocenters. The van der Waals surface area contributed by atoms with E-state index >= 15 is 0 Å². The van der Waals surface area contributed by atoms with Crippen LogP contribution in [0.2, 0.25) is 0 Å². The molecule has 25 heavy (non-hydrogen) atoms. The molecule has 1 amide bonds. The molecule has 1 N–H and O–H groups in total. The van der Waals surface area contributed by atoms with Crippen LogP contribution in [0.1, 0.15) is 41.5 Å². The summed E-state index contributed by atoms with van der Waals surface area (Å²) in [5.74, 6) is 2.76. The predicted octanol–water partition coefficient (Wildman–Crippen LogP) is 1.75. The van der Waals surface area contributed by atoms with Crippen molar-refractivity contribution >= 4 is 11.7 Å². The molecule has 0 atom stereocenters. The predicted molar refractivity (Wildman–Crippen MR) is 92.4 cm³/mol. The monoisotopic (exact) mass is 341 g/mol. The highest BCUT2D eigenvalue weighted by atomic mass is 16.5. The SMILES string of the molecule is Cc1noc(C)c1CC(=O)NCC1CN(c2ccc(C3CC3)nn2)C1. The number of amides is 1.